The van der Waals surface area contributed by atoms with Gasteiger partial charge in [-0.15, -0.1) is 0 Å². The number of amides is 1. The molecular weight excluding hydrogens is 212 g/mol. The average Bonchev–Trinajstić information content (AvgIpc) is 2.20. The molecule has 1 aromatic rings. The van der Waals surface area contributed by atoms with Crippen LogP contribution < -0.4 is 10.6 Å². The van der Waals surface area contributed by atoms with Crippen LogP contribution in [0.1, 0.15) is 12.0 Å². The highest BCUT2D eigenvalue weighted by atomic mass is 35.5. The highest BCUT2D eigenvalue weighted by Gasteiger charge is 2.02. The Morgan fingerprint density at radius 2 is 2.20 bits per heavy atom. The van der Waals surface area contributed by atoms with E-state index in [1.54, 1.807) is 6.07 Å². The molecule has 0 saturated carbocycles. The number of hydrogen-bond acceptors (Lipinski definition) is 2. The highest BCUT2D eigenvalue weighted by molar-refractivity contribution is 6.31. The zero-order chi connectivity index (χ0) is 11.3. The standard InChI is InChI=1S/C11H15ClN2O/c1-8-3-4-9(7-10(8)12)14-11(15)5-6-13-2/h3-4,7,13H,5-6H2,1-2H3,(H,14,15). The maximum absolute atomic E-state index is 11.4. The van der Waals surface area contributed by atoms with Gasteiger partial charge in [0.15, 0.2) is 0 Å². The molecule has 0 atom stereocenters. The first-order chi connectivity index (χ1) is 7.13. The van der Waals surface area contributed by atoms with E-state index in [4.69, 9.17) is 11.6 Å². The lowest BCUT2D eigenvalue weighted by Crippen LogP contribution is -2.18. The Bertz CT molecular complexity index is 352. The number of benzene rings is 1. The lowest BCUT2D eigenvalue weighted by Gasteiger charge is -2.06. The summed E-state index contributed by atoms with van der Waals surface area (Å²) < 4.78 is 0. The van der Waals surface area contributed by atoms with Gasteiger partial charge in [-0.3, -0.25) is 4.79 Å². The zero-order valence-electron chi connectivity index (χ0n) is 8.93. The fourth-order valence-electron chi connectivity index (χ4n) is 1.13. The van der Waals surface area contributed by atoms with E-state index in [9.17, 15) is 4.79 Å². The highest BCUT2D eigenvalue weighted by Crippen LogP contribution is 2.19. The van der Waals surface area contributed by atoms with E-state index < -0.39 is 0 Å². The van der Waals surface area contributed by atoms with Crippen LogP contribution in [0, 0.1) is 6.92 Å². The van der Waals surface area contributed by atoms with Gasteiger partial charge < -0.3 is 10.6 Å². The third kappa shape index (κ3) is 3.90. The van der Waals surface area contributed by atoms with E-state index >= 15 is 0 Å². The van der Waals surface area contributed by atoms with Crippen molar-refractivity contribution in [1.82, 2.24) is 5.32 Å². The van der Waals surface area contributed by atoms with E-state index in [1.165, 1.54) is 0 Å². The monoisotopic (exact) mass is 226 g/mol. The molecule has 0 bridgehead atoms. The third-order valence-electron chi connectivity index (χ3n) is 2.06. The Hall–Kier alpha value is -1.06. The number of rotatable bonds is 4. The van der Waals surface area contributed by atoms with Crippen molar-refractivity contribution in [1.29, 1.82) is 0 Å². The van der Waals surface area contributed by atoms with Gasteiger partial charge in [0.1, 0.15) is 0 Å². The number of nitrogens with one attached hydrogen (secondary N) is 2. The molecule has 4 heteroatoms. The molecule has 0 heterocycles. The van der Waals surface area contributed by atoms with E-state index in [1.807, 2.05) is 26.1 Å². The smallest absolute Gasteiger partial charge is 0.225 e. The molecule has 1 aromatic carbocycles. The lowest BCUT2D eigenvalue weighted by atomic mass is 10.2. The molecule has 82 valence electrons. The van der Waals surface area contributed by atoms with Crippen LogP contribution in [0.2, 0.25) is 5.02 Å². The summed E-state index contributed by atoms with van der Waals surface area (Å²) in [5, 5.41) is 6.37. The molecule has 0 spiro atoms. The topological polar surface area (TPSA) is 41.1 Å². The van der Waals surface area contributed by atoms with Crippen molar-refractivity contribution >= 4 is 23.2 Å². The summed E-state index contributed by atoms with van der Waals surface area (Å²) in [4.78, 5) is 11.4. The number of halogens is 1. The summed E-state index contributed by atoms with van der Waals surface area (Å²) in [6.07, 6.45) is 0.460. The predicted molar refractivity (Wildman–Crippen MR) is 63.4 cm³/mol. The van der Waals surface area contributed by atoms with E-state index in [2.05, 4.69) is 10.6 Å². The number of carbonyl (C=O) groups is 1. The third-order valence-corrected chi connectivity index (χ3v) is 2.46. The van der Waals surface area contributed by atoms with Crippen molar-refractivity contribution in [2.75, 3.05) is 18.9 Å². The van der Waals surface area contributed by atoms with Gasteiger partial charge in [0.05, 0.1) is 0 Å². The molecular formula is C11H15ClN2O. The van der Waals surface area contributed by atoms with Crippen molar-refractivity contribution in [3.63, 3.8) is 0 Å². The van der Waals surface area contributed by atoms with Crippen molar-refractivity contribution < 1.29 is 4.79 Å². The summed E-state index contributed by atoms with van der Waals surface area (Å²) in [5.41, 5.74) is 1.75. The van der Waals surface area contributed by atoms with Crippen LogP contribution >= 0.6 is 11.6 Å². The van der Waals surface area contributed by atoms with E-state index in [0.717, 1.165) is 11.3 Å². The van der Waals surface area contributed by atoms with Gasteiger partial charge >= 0.3 is 0 Å². The first kappa shape index (κ1) is 12.0. The zero-order valence-corrected chi connectivity index (χ0v) is 9.69. The molecule has 1 amide bonds. The Balaban J connectivity index is 2.57. The first-order valence-electron chi connectivity index (χ1n) is 4.84. The average molecular weight is 227 g/mol. The fourth-order valence-corrected chi connectivity index (χ4v) is 1.31. The van der Waals surface area contributed by atoms with Gasteiger partial charge in [-0.2, -0.15) is 0 Å². The molecule has 3 nitrogen and oxygen atoms in total. The SMILES string of the molecule is CNCCC(=O)Nc1ccc(C)c(Cl)c1. The Labute approximate surface area is 94.8 Å². The Morgan fingerprint density at radius 3 is 2.80 bits per heavy atom. The molecule has 0 radical (unpaired) electrons. The van der Waals surface area contributed by atoms with Gasteiger partial charge in [0, 0.05) is 23.7 Å². The van der Waals surface area contributed by atoms with Crippen molar-refractivity contribution in [2.45, 2.75) is 13.3 Å². The van der Waals surface area contributed by atoms with Crippen LogP contribution in [0.5, 0.6) is 0 Å². The van der Waals surface area contributed by atoms with Crippen LogP contribution in [-0.4, -0.2) is 19.5 Å². The minimum Gasteiger partial charge on any atom is -0.326 e. The van der Waals surface area contributed by atoms with Crippen LogP contribution in [0.25, 0.3) is 0 Å². The van der Waals surface area contributed by atoms with E-state index in [-0.39, 0.29) is 5.91 Å². The van der Waals surface area contributed by atoms with Gasteiger partial charge in [-0.05, 0) is 31.7 Å². The molecule has 0 aliphatic rings. The summed E-state index contributed by atoms with van der Waals surface area (Å²) >= 11 is 5.94. The van der Waals surface area contributed by atoms with Crippen molar-refractivity contribution in [3.8, 4) is 0 Å². The van der Waals surface area contributed by atoms with Crippen LogP contribution in [0.3, 0.4) is 0 Å². The minimum absolute atomic E-state index is 0.00994. The first-order valence-corrected chi connectivity index (χ1v) is 5.22. The molecule has 0 saturated heterocycles. The van der Waals surface area contributed by atoms with Gasteiger partial charge in [0.25, 0.3) is 0 Å². The minimum atomic E-state index is -0.00994. The number of carbonyl (C=O) groups excluding carboxylic acids is 1. The van der Waals surface area contributed by atoms with Gasteiger partial charge in [0.2, 0.25) is 5.91 Å². The van der Waals surface area contributed by atoms with Crippen molar-refractivity contribution in [2.24, 2.45) is 0 Å². The normalized spacial score (nSPS) is 10.1. The second-order valence-electron chi connectivity index (χ2n) is 3.37. The van der Waals surface area contributed by atoms with Crippen molar-refractivity contribution in [3.05, 3.63) is 28.8 Å². The molecule has 0 fully saturated rings. The molecule has 1 rings (SSSR count). The van der Waals surface area contributed by atoms with Gasteiger partial charge in [-0.25, -0.2) is 0 Å². The second-order valence-corrected chi connectivity index (χ2v) is 3.77. The predicted octanol–water partition coefficient (Wildman–Crippen LogP) is 2.20. The fraction of sp³-hybridized carbons (Fsp3) is 0.364. The quantitative estimate of drug-likeness (QED) is 0.827. The van der Waals surface area contributed by atoms with Gasteiger partial charge in [-0.1, -0.05) is 17.7 Å². The molecule has 0 aliphatic carbocycles. The molecule has 0 aromatic heterocycles. The largest absolute Gasteiger partial charge is 0.326 e. The van der Waals surface area contributed by atoms with E-state index in [0.29, 0.717) is 18.0 Å². The van der Waals surface area contributed by atoms with Crippen LogP contribution in [0.4, 0.5) is 5.69 Å². The lowest BCUT2D eigenvalue weighted by molar-refractivity contribution is -0.116. The molecule has 0 aliphatic heterocycles. The molecule has 0 unspecified atom stereocenters. The maximum atomic E-state index is 11.4. The maximum Gasteiger partial charge on any atom is 0.225 e. The summed E-state index contributed by atoms with van der Waals surface area (Å²) in [7, 11) is 1.82. The summed E-state index contributed by atoms with van der Waals surface area (Å²) in [5.74, 6) is -0.00994. The second kappa shape index (κ2) is 5.73. The number of anilines is 1. The summed E-state index contributed by atoms with van der Waals surface area (Å²) in [6, 6.07) is 5.49. The summed E-state index contributed by atoms with van der Waals surface area (Å²) in [6.45, 7) is 2.60. The van der Waals surface area contributed by atoms with Crippen LogP contribution in [0.15, 0.2) is 18.2 Å². The Morgan fingerprint density at radius 1 is 1.47 bits per heavy atom. The number of hydrogen-bond donors (Lipinski definition) is 2. The van der Waals surface area contributed by atoms with Crippen LogP contribution in [-0.2, 0) is 4.79 Å². The number of aryl methyl sites for hydroxylation is 1. The Kier molecular flexibility index (Phi) is 4.59. The molecule has 2 N–H and O–H groups in total. The molecule has 15 heavy (non-hydrogen) atoms.